The molecule has 0 aliphatic rings. The van der Waals surface area contributed by atoms with Gasteiger partial charge in [-0.15, -0.1) is 0 Å². The van der Waals surface area contributed by atoms with Gasteiger partial charge in [0.2, 0.25) is 5.09 Å². The normalized spacial score (nSPS) is 12.4. The summed E-state index contributed by atoms with van der Waals surface area (Å²) in [5.74, 6) is -0.431. The summed E-state index contributed by atoms with van der Waals surface area (Å²) in [5, 5.41) is 2.46. The van der Waals surface area contributed by atoms with E-state index in [9.17, 15) is 13.2 Å². The van der Waals surface area contributed by atoms with E-state index in [1.807, 2.05) is 20.8 Å². The van der Waals surface area contributed by atoms with E-state index < -0.39 is 15.9 Å². The van der Waals surface area contributed by atoms with Crippen molar-refractivity contribution < 1.29 is 17.6 Å². The lowest BCUT2D eigenvalue weighted by molar-refractivity contribution is 0.0902. The monoisotopic (exact) mass is 288 g/mol. The van der Waals surface area contributed by atoms with Crippen LogP contribution < -0.4 is 10.0 Å². The van der Waals surface area contributed by atoms with Crippen molar-refractivity contribution >= 4 is 15.9 Å². The van der Waals surface area contributed by atoms with Crippen LogP contribution in [0.25, 0.3) is 0 Å². The summed E-state index contributed by atoms with van der Waals surface area (Å²) in [4.78, 5) is 11.8. The fourth-order valence-corrected chi connectivity index (χ4v) is 1.87. The van der Waals surface area contributed by atoms with Crippen LogP contribution >= 0.6 is 0 Å². The van der Waals surface area contributed by atoms with Crippen molar-refractivity contribution in [2.45, 2.75) is 32.3 Å². The second-order valence-electron chi connectivity index (χ2n) is 5.03. The smallest absolute Gasteiger partial charge is 0.287 e. The van der Waals surface area contributed by atoms with Gasteiger partial charge in [-0.05, 0) is 31.0 Å². The molecule has 6 nitrogen and oxygen atoms in total. The fraction of sp³-hybridized carbons (Fsp3) is 0.583. The lowest BCUT2D eigenvalue weighted by Crippen LogP contribution is -2.33. The van der Waals surface area contributed by atoms with E-state index in [2.05, 4.69) is 10.0 Å². The van der Waals surface area contributed by atoms with E-state index in [1.165, 1.54) is 19.2 Å². The Morgan fingerprint density at radius 2 is 2.00 bits per heavy atom. The molecule has 0 bridgehead atoms. The highest BCUT2D eigenvalue weighted by Gasteiger charge is 2.21. The Kier molecular flexibility index (Phi) is 4.75. The molecular weight excluding hydrogens is 268 g/mol. The highest BCUT2D eigenvalue weighted by molar-refractivity contribution is 7.89. The molecule has 2 N–H and O–H groups in total. The van der Waals surface area contributed by atoms with Crippen LogP contribution in [-0.4, -0.2) is 27.9 Å². The Hall–Kier alpha value is -1.34. The minimum atomic E-state index is -3.66. The van der Waals surface area contributed by atoms with Crippen molar-refractivity contribution in [3.05, 3.63) is 17.9 Å². The number of nitrogens with one attached hydrogen (secondary N) is 2. The molecule has 0 fully saturated rings. The maximum Gasteiger partial charge on any atom is 0.287 e. The summed E-state index contributed by atoms with van der Waals surface area (Å²) in [6.45, 7) is 6.60. The number of rotatable bonds is 6. The van der Waals surface area contributed by atoms with Crippen molar-refractivity contribution in [1.29, 1.82) is 0 Å². The lowest BCUT2D eigenvalue weighted by atomic mass is 9.90. The largest absolute Gasteiger partial charge is 0.438 e. The highest BCUT2D eigenvalue weighted by Crippen LogP contribution is 2.18. The minimum absolute atomic E-state index is 0.0118. The van der Waals surface area contributed by atoms with Crippen molar-refractivity contribution in [2.75, 3.05) is 13.6 Å². The topological polar surface area (TPSA) is 88.4 Å². The summed E-state index contributed by atoms with van der Waals surface area (Å²) >= 11 is 0. The third-order valence-electron chi connectivity index (χ3n) is 3.02. The fourth-order valence-electron chi connectivity index (χ4n) is 1.22. The van der Waals surface area contributed by atoms with Crippen LogP contribution in [0.1, 0.15) is 37.7 Å². The maximum atomic E-state index is 11.8. The number of hydrogen-bond donors (Lipinski definition) is 2. The second-order valence-corrected chi connectivity index (χ2v) is 6.84. The molecular formula is C12H20N2O4S. The molecule has 0 saturated heterocycles. The van der Waals surface area contributed by atoms with Gasteiger partial charge in [0.15, 0.2) is 5.76 Å². The zero-order chi connectivity index (χ0) is 14.7. The van der Waals surface area contributed by atoms with Gasteiger partial charge in [-0.2, -0.15) is 0 Å². The first kappa shape index (κ1) is 15.7. The van der Waals surface area contributed by atoms with Gasteiger partial charge in [0, 0.05) is 6.54 Å². The summed E-state index contributed by atoms with van der Waals surface area (Å²) in [6, 6.07) is 2.60. The molecule has 19 heavy (non-hydrogen) atoms. The van der Waals surface area contributed by atoms with Crippen molar-refractivity contribution in [2.24, 2.45) is 5.41 Å². The summed E-state index contributed by atoms with van der Waals surface area (Å²) in [6.07, 6.45) is 0.921. The van der Waals surface area contributed by atoms with E-state index in [0.717, 1.165) is 6.42 Å². The van der Waals surface area contributed by atoms with E-state index in [0.29, 0.717) is 6.54 Å². The van der Waals surface area contributed by atoms with Gasteiger partial charge in [0.1, 0.15) is 0 Å². The van der Waals surface area contributed by atoms with E-state index in [-0.39, 0.29) is 16.3 Å². The molecule has 0 atom stereocenters. The van der Waals surface area contributed by atoms with Gasteiger partial charge in [0.05, 0.1) is 0 Å². The predicted molar refractivity (Wildman–Crippen MR) is 71.4 cm³/mol. The molecule has 0 spiro atoms. The zero-order valence-electron chi connectivity index (χ0n) is 11.6. The molecule has 0 unspecified atom stereocenters. The van der Waals surface area contributed by atoms with Crippen LogP contribution in [0.15, 0.2) is 21.6 Å². The molecule has 1 heterocycles. The van der Waals surface area contributed by atoms with Gasteiger partial charge in [-0.25, -0.2) is 13.1 Å². The first-order valence-electron chi connectivity index (χ1n) is 6.03. The summed E-state index contributed by atoms with van der Waals surface area (Å²) < 4.78 is 30.1. The van der Waals surface area contributed by atoms with E-state index in [1.54, 1.807) is 0 Å². The molecule has 1 aromatic heterocycles. The van der Waals surface area contributed by atoms with Crippen LogP contribution in [0.5, 0.6) is 0 Å². The Labute approximate surface area is 113 Å². The summed E-state index contributed by atoms with van der Waals surface area (Å²) in [5.41, 5.74) is -0.0118. The quantitative estimate of drug-likeness (QED) is 0.827. The van der Waals surface area contributed by atoms with Gasteiger partial charge < -0.3 is 9.73 Å². The van der Waals surface area contributed by atoms with Crippen LogP contribution in [0, 0.1) is 5.41 Å². The Balaban J connectivity index is 2.75. The van der Waals surface area contributed by atoms with Gasteiger partial charge in [0.25, 0.3) is 15.9 Å². The Bertz CT molecular complexity index is 546. The van der Waals surface area contributed by atoms with Gasteiger partial charge in [-0.1, -0.05) is 20.8 Å². The standard InChI is InChI=1S/C12H20N2O4S/c1-5-12(2,3)8-14-11(15)9-6-7-10(18-9)19(16,17)13-4/h6-7,13H,5,8H2,1-4H3,(H,14,15). The summed E-state index contributed by atoms with van der Waals surface area (Å²) in [7, 11) is -2.38. The van der Waals surface area contributed by atoms with Crippen molar-refractivity contribution in [1.82, 2.24) is 10.0 Å². The van der Waals surface area contributed by atoms with Crippen molar-refractivity contribution in [3.8, 4) is 0 Å². The molecule has 0 aliphatic carbocycles. The van der Waals surface area contributed by atoms with Crippen LogP contribution in [-0.2, 0) is 10.0 Å². The average Bonchev–Trinajstić information content (AvgIpc) is 2.86. The number of sulfonamides is 1. The van der Waals surface area contributed by atoms with Crippen LogP contribution in [0.4, 0.5) is 0 Å². The molecule has 0 aliphatic heterocycles. The number of amides is 1. The third kappa shape index (κ3) is 4.07. The number of hydrogen-bond acceptors (Lipinski definition) is 4. The molecule has 1 amide bonds. The lowest BCUT2D eigenvalue weighted by Gasteiger charge is -2.22. The van der Waals surface area contributed by atoms with E-state index in [4.69, 9.17) is 4.42 Å². The predicted octanol–water partition coefficient (Wildman–Crippen LogP) is 1.35. The van der Waals surface area contributed by atoms with E-state index >= 15 is 0 Å². The molecule has 1 aromatic rings. The highest BCUT2D eigenvalue weighted by atomic mass is 32.2. The third-order valence-corrected chi connectivity index (χ3v) is 4.31. The molecule has 108 valence electrons. The van der Waals surface area contributed by atoms with Crippen LogP contribution in [0.3, 0.4) is 0 Å². The zero-order valence-corrected chi connectivity index (χ0v) is 12.4. The molecule has 1 rings (SSSR count). The minimum Gasteiger partial charge on any atom is -0.438 e. The first-order chi connectivity index (χ1) is 8.72. The average molecular weight is 288 g/mol. The Morgan fingerprint density at radius 1 is 1.37 bits per heavy atom. The Morgan fingerprint density at radius 3 is 2.53 bits per heavy atom. The maximum absolute atomic E-state index is 11.8. The number of carbonyl (C=O) groups excluding carboxylic acids is 1. The van der Waals surface area contributed by atoms with Crippen molar-refractivity contribution in [3.63, 3.8) is 0 Å². The molecule has 0 saturated carbocycles. The van der Waals surface area contributed by atoms with Crippen LogP contribution in [0.2, 0.25) is 0 Å². The first-order valence-corrected chi connectivity index (χ1v) is 7.52. The number of carbonyl (C=O) groups is 1. The van der Waals surface area contributed by atoms with Gasteiger partial charge >= 0.3 is 0 Å². The molecule has 0 aromatic carbocycles. The number of furan rings is 1. The van der Waals surface area contributed by atoms with Gasteiger partial charge in [-0.3, -0.25) is 4.79 Å². The molecule has 7 heteroatoms. The molecule has 0 radical (unpaired) electrons. The second kappa shape index (κ2) is 5.75. The SMILES string of the molecule is CCC(C)(C)CNC(=O)c1ccc(S(=O)(=O)NC)o1.